The van der Waals surface area contributed by atoms with Gasteiger partial charge in [0.05, 0.1) is 14.2 Å². The SMILES string of the molecule is COc1ccc(CC(C([NH])=S)n2nc(SC)nc2N)cc1OC. The summed E-state index contributed by atoms with van der Waals surface area (Å²) in [5.74, 6) is 1.51. The molecule has 0 saturated heterocycles. The molecule has 0 aliphatic heterocycles. The van der Waals surface area contributed by atoms with Crippen LogP contribution >= 0.6 is 24.0 Å². The summed E-state index contributed by atoms with van der Waals surface area (Å²) in [4.78, 5) is 4.19. The standard InChI is InChI=1S/C14H18N5O2S2/c1-20-10-5-4-8(7-11(10)21-2)6-9(12(15)22)19-13(16)17-14(18-19)23-3/h4-5,7,9,15H,6H2,1-3H3,(H2,16,17,18). The maximum atomic E-state index is 7.89. The Morgan fingerprint density at radius 3 is 2.61 bits per heavy atom. The first-order chi connectivity index (χ1) is 11.0. The molecule has 0 aliphatic carbocycles. The minimum absolute atomic E-state index is 0.0454. The predicted octanol–water partition coefficient (Wildman–Crippen LogP) is 1.99. The Labute approximate surface area is 144 Å². The van der Waals surface area contributed by atoms with Crippen LogP contribution in [0.15, 0.2) is 23.4 Å². The molecule has 1 aromatic heterocycles. The summed E-state index contributed by atoms with van der Waals surface area (Å²) in [5.41, 5.74) is 14.7. The van der Waals surface area contributed by atoms with Gasteiger partial charge in [0.15, 0.2) is 11.5 Å². The van der Waals surface area contributed by atoms with Gasteiger partial charge >= 0.3 is 0 Å². The Morgan fingerprint density at radius 2 is 2.09 bits per heavy atom. The zero-order valence-electron chi connectivity index (χ0n) is 13.1. The smallest absolute Gasteiger partial charge is 0.220 e. The van der Waals surface area contributed by atoms with Crippen molar-refractivity contribution in [2.24, 2.45) is 0 Å². The van der Waals surface area contributed by atoms with E-state index in [1.807, 2.05) is 24.5 Å². The Kier molecular flexibility index (Phi) is 5.67. The molecule has 3 N–H and O–H groups in total. The number of nitrogens with one attached hydrogen (secondary N) is 1. The van der Waals surface area contributed by atoms with Gasteiger partial charge in [-0.2, -0.15) is 4.98 Å². The fraction of sp³-hybridized carbons (Fsp3) is 0.357. The van der Waals surface area contributed by atoms with Crippen molar-refractivity contribution in [3.8, 4) is 11.5 Å². The summed E-state index contributed by atoms with van der Waals surface area (Å²) in [6.45, 7) is 0. The monoisotopic (exact) mass is 352 g/mol. The van der Waals surface area contributed by atoms with Crippen LogP contribution in [-0.4, -0.2) is 40.2 Å². The lowest BCUT2D eigenvalue weighted by Crippen LogP contribution is -2.24. The number of benzene rings is 1. The first-order valence-electron chi connectivity index (χ1n) is 6.72. The summed E-state index contributed by atoms with van der Waals surface area (Å²) in [6, 6.07) is 5.09. The van der Waals surface area contributed by atoms with E-state index in [4.69, 9.17) is 33.2 Å². The van der Waals surface area contributed by atoms with E-state index in [1.54, 1.807) is 14.2 Å². The van der Waals surface area contributed by atoms with Crippen LogP contribution in [0.25, 0.3) is 0 Å². The van der Waals surface area contributed by atoms with Crippen LogP contribution in [0.4, 0.5) is 5.95 Å². The number of nitrogen functional groups attached to an aromatic ring is 1. The van der Waals surface area contributed by atoms with Gasteiger partial charge in [0.25, 0.3) is 0 Å². The molecular formula is C14H18N5O2S2. The number of anilines is 1. The van der Waals surface area contributed by atoms with Gasteiger partial charge in [0, 0.05) is 6.42 Å². The van der Waals surface area contributed by atoms with Crippen LogP contribution in [0.3, 0.4) is 0 Å². The molecule has 2 aromatic rings. The maximum Gasteiger partial charge on any atom is 0.220 e. The van der Waals surface area contributed by atoms with E-state index in [1.165, 1.54) is 16.4 Å². The third kappa shape index (κ3) is 3.85. The van der Waals surface area contributed by atoms with Gasteiger partial charge < -0.3 is 15.2 Å². The largest absolute Gasteiger partial charge is 0.493 e. The number of hydrogen-bond acceptors (Lipinski definition) is 7. The normalized spacial score (nSPS) is 12.0. The van der Waals surface area contributed by atoms with Gasteiger partial charge in [-0.15, -0.1) is 5.10 Å². The summed E-state index contributed by atoms with van der Waals surface area (Å²) < 4.78 is 12.0. The van der Waals surface area contributed by atoms with Gasteiger partial charge in [-0.05, 0) is 24.0 Å². The Morgan fingerprint density at radius 1 is 1.39 bits per heavy atom. The summed E-state index contributed by atoms with van der Waals surface area (Å²) in [6.07, 6.45) is 2.32. The van der Waals surface area contributed by atoms with Gasteiger partial charge in [-0.25, -0.2) is 4.68 Å². The number of aromatic nitrogens is 3. The highest BCUT2D eigenvalue weighted by molar-refractivity contribution is 7.98. The molecule has 1 unspecified atom stereocenters. The molecule has 2 rings (SSSR count). The number of nitrogens with two attached hydrogens (primary N) is 1. The molecule has 0 saturated carbocycles. The minimum Gasteiger partial charge on any atom is -0.493 e. The predicted molar refractivity (Wildman–Crippen MR) is 94.2 cm³/mol. The van der Waals surface area contributed by atoms with E-state index in [0.717, 1.165) is 5.56 Å². The number of ether oxygens (including phenoxy) is 2. The Hall–Kier alpha value is -2.00. The highest BCUT2D eigenvalue weighted by Crippen LogP contribution is 2.29. The lowest BCUT2D eigenvalue weighted by atomic mass is 10.1. The highest BCUT2D eigenvalue weighted by Gasteiger charge is 2.21. The molecule has 0 aliphatic rings. The molecule has 1 atom stereocenters. The first kappa shape index (κ1) is 17.4. The van der Waals surface area contributed by atoms with Crippen LogP contribution in [0.1, 0.15) is 11.6 Å². The lowest BCUT2D eigenvalue weighted by molar-refractivity contribution is 0.354. The number of thiocarbonyl (C=S) groups is 1. The van der Waals surface area contributed by atoms with Gasteiger partial charge in [0.2, 0.25) is 11.1 Å². The summed E-state index contributed by atoms with van der Waals surface area (Å²) in [7, 11) is 3.16. The third-order valence-corrected chi connectivity index (χ3v) is 4.11. The minimum atomic E-state index is -0.475. The van der Waals surface area contributed by atoms with Crippen molar-refractivity contribution in [1.29, 1.82) is 0 Å². The molecule has 9 heteroatoms. The van der Waals surface area contributed by atoms with E-state index in [-0.39, 0.29) is 10.9 Å². The number of methoxy groups -OCH3 is 2. The molecular weight excluding hydrogens is 334 g/mol. The van der Waals surface area contributed by atoms with Crippen molar-refractivity contribution in [1.82, 2.24) is 20.5 Å². The second-order valence-corrected chi connectivity index (χ2v) is 5.89. The molecule has 23 heavy (non-hydrogen) atoms. The average molecular weight is 352 g/mol. The molecule has 0 bridgehead atoms. The Bertz CT molecular complexity index is 704. The molecule has 7 nitrogen and oxygen atoms in total. The molecule has 0 spiro atoms. The van der Waals surface area contributed by atoms with Crippen LogP contribution in [0.2, 0.25) is 0 Å². The van der Waals surface area contributed by atoms with Crippen molar-refractivity contribution in [3.63, 3.8) is 0 Å². The molecule has 1 heterocycles. The maximum absolute atomic E-state index is 7.89. The van der Waals surface area contributed by atoms with Crippen molar-refractivity contribution in [3.05, 3.63) is 23.8 Å². The van der Waals surface area contributed by atoms with E-state index in [2.05, 4.69) is 10.1 Å². The number of rotatable bonds is 7. The summed E-state index contributed by atoms with van der Waals surface area (Å²) in [5, 5.41) is 4.85. The second kappa shape index (κ2) is 7.51. The third-order valence-electron chi connectivity index (χ3n) is 3.30. The first-order valence-corrected chi connectivity index (χ1v) is 8.35. The van der Waals surface area contributed by atoms with E-state index >= 15 is 0 Å². The molecule has 0 amide bonds. The molecule has 123 valence electrons. The number of thioether (sulfide) groups is 1. The van der Waals surface area contributed by atoms with Gasteiger partial charge in [-0.1, -0.05) is 30.0 Å². The second-order valence-electron chi connectivity index (χ2n) is 4.67. The van der Waals surface area contributed by atoms with E-state index in [0.29, 0.717) is 23.1 Å². The van der Waals surface area contributed by atoms with Crippen LogP contribution in [0.5, 0.6) is 11.5 Å². The fourth-order valence-electron chi connectivity index (χ4n) is 2.15. The topological polar surface area (TPSA) is 99.0 Å². The zero-order valence-corrected chi connectivity index (χ0v) is 14.7. The summed E-state index contributed by atoms with van der Waals surface area (Å²) >= 11 is 6.46. The van der Waals surface area contributed by atoms with Crippen molar-refractivity contribution in [2.45, 2.75) is 17.6 Å². The van der Waals surface area contributed by atoms with Crippen LogP contribution in [-0.2, 0) is 6.42 Å². The van der Waals surface area contributed by atoms with Gasteiger partial charge in [0.1, 0.15) is 11.0 Å². The van der Waals surface area contributed by atoms with Gasteiger partial charge in [-0.3, -0.25) is 5.73 Å². The van der Waals surface area contributed by atoms with E-state index < -0.39 is 6.04 Å². The number of nitrogens with zero attached hydrogens (tertiary/aromatic N) is 3. The van der Waals surface area contributed by atoms with Crippen molar-refractivity contribution >= 4 is 34.9 Å². The van der Waals surface area contributed by atoms with Crippen molar-refractivity contribution < 1.29 is 9.47 Å². The quantitative estimate of drug-likeness (QED) is 0.601. The Balaban J connectivity index is 2.33. The molecule has 0 fully saturated rings. The van der Waals surface area contributed by atoms with Crippen LogP contribution in [0, 0.1) is 0 Å². The van der Waals surface area contributed by atoms with Crippen LogP contribution < -0.4 is 20.9 Å². The fourth-order valence-corrected chi connectivity index (χ4v) is 2.69. The zero-order chi connectivity index (χ0) is 17.0. The lowest BCUT2D eigenvalue weighted by Gasteiger charge is -2.17. The number of hydrogen-bond donors (Lipinski definition) is 1. The molecule has 1 radical (unpaired) electrons. The average Bonchev–Trinajstić information content (AvgIpc) is 2.92. The van der Waals surface area contributed by atoms with Crippen molar-refractivity contribution in [2.75, 3.05) is 26.2 Å². The molecule has 1 aromatic carbocycles. The van der Waals surface area contributed by atoms with E-state index in [9.17, 15) is 0 Å². The highest BCUT2D eigenvalue weighted by atomic mass is 32.2.